The molecule has 4 nitrogen and oxygen atoms in total. The van der Waals surface area contributed by atoms with E-state index in [-0.39, 0.29) is 0 Å². The number of nitrogens with zero attached hydrogens (tertiary/aromatic N) is 3. The molecule has 0 atom stereocenters. The Labute approximate surface area is 123 Å². The van der Waals surface area contributed by atoms with Gasteiger partial charge in [0.1, 0.15) is 6.73 Å². The molecule has 2 heterocycles. The fraction of sp³-hybridized carbons (Fsp3) is 0.538. The standard InChI is InChI=1S/C13H20BrN3OSi/c1-10-7-12(14)11-8-15-17(13(11)16-10)9-18-5-6-19(2,3)4/h7-8H,5-6,9H2,1-4H3. The van der Waals surface area contributed by atoms with Crippen LogP contribution >= 0.6 is 15.9 Å². The van der Waals surface area contributed by atoms with Gasteiger partial charge >= 0.3 is 0 Å². The maximum Gasteiger partial charge on any atom is 0.161 e. The molecule has 0 bridgehead atoms. The van der Waals surface area contributed by atoms with Gasteiger partial charge in [-0.05, 0) is 35.0 Å². The van der Waals surface area contributed by atoms with Crippen LogP contribution in [0.25, 0.3) is 11.0 Å². The van der Waals surface area contributed by atoms with E-state index in [1.165, 1.54) is 6.04 Å². The number of aromatic nitrogens is 3. The summed E-state index contributed by atoms with van der Waals surface area (Å²) in [5, 5.41) is 5.37. The van der Waals surface area contributed by atoms with Crippen molar-refractivity contribution in [1.29, 1.82) is 0 Å². The van der Waals surface area contributed by atoms with Gasteiger partial charge in [-0.3, -0.25) is 0 Å². The topological polar surface area (TPSA) is 39.9 Å². The van der Waals surface area contributed by atoms with E-state index >= 15 is 0 Å². The molecule has 2 aromatic rings. The maximum atomic E-state index is 5.72. The molecular formula is C13H20BrN3OSi. The predicted molar refractivity (Wildman–Crippen MR) is 84.1 cm³/mol. The molecule has 0 radical (unpaired) electrons. The Bertz CT molecular complexity index is 577. The molecule has 2 rings (SSSR count). The molecule has 0 fully saturated rings. The molecule has 0 saturated heterocycles. The molecule has 0 saturated carbocycles. The molecule has 0 spiro atoms. The third-order valence-corrected chi connectivity index (χ3v) is 5.26. The highest BCUT2D eigenvalue weighted by Crippen LogP contribution is 2.23. The summed E-state index contributed by atoms with van der Waals surface area (Å²) in [5.74, 6) is 0. The molecular weight excluding hydrogens is 322 g/mol. The van der Waals surface area contributed by atoms with E-state index in [0.717, 1.165) is 27.8 Å². The van der Waals surface area contributed by atoms with E-state index in [9.17, 15) is 0 Å². The summed E-state index contributed by atoms with van der Waals surface area (Å²) in [7, 11) is -1.03. The minimum atomic E-state index is -1.03. The normalized spacial score (nSPS) is 12.3. The van der Waals surface area contributed by atoms with Crippen molar-refractivity contribution in [3.05, 3.63) is 22.4 Å². The van der Waals surface area contributed by atoms with Gasteiger partial charge in [0.2, 0.25) is 0 Å². The smallest absolute Gasteiger partial charge is 0.161 e. The van der Waals surface area contributed by atoms with Crippen LogP contribution in [0, 0.1) is 6.92 Å². The Morgan fingerprint density at radius 3 is 2.79 bits per heavy atom. The number of fused-ring (bicyclic) bond motifs is 1. The number of ether oxygens (including phenoxy) is 1. The molecule has 0 aromatic carbocycles. The minimum absolute atomic E-state index is 0.469. The number of hydrogen-bond acceptors (Lipinski definition) is 3. The third-order valence-electron chi connectivity index (χ3n) is 2.90. The highest BCUT2D eigenvalue weighted by molar-refractivity contribution is 9.10. The van der Waals surface area contributed by atoms with Crippen LogP contribution in [0.2, 0.25) is 25.7 Å². The lowest BCUT2D eigenvalue weighted by Gasteiger charge is -2.15. The first-order chi connectivity index (χ1) is 8.87. The van der Waals surface area contributed by atoms with Crippen LogP contribution in [-0.4, -0.2) is 29.4 Å². The maximum absolute atomic E-state index is 5.72. The average Bonchev–Trinajstić information content (AvgIpc) is 2.66. The monoisotopic (exact) mass is 341 g/mol. The van der Waals surface area contributed by atoms with Crippen molar-refractivity contribution in [2.45, 2.75) is 39.3 Å². The van der Waals surface area contributed by atoms with E-state index in [2.05, 4.69) is 45.7 Å². The molecule has 0 aliphatic heterocycles. The summed E-state index contributed by atoms with van der Waals surface area (Å²) in [4.78, 5) is 4.52. The Morgan fingerprint density at radius 2 is 2.11 bits per heavy atom. The van der Waals surface area contributed by atoms with Gasteiger partial charge in [-0.1, -0.05) is 19.6 Å². The molecule has 0 aliphatic carbocycles. The van der Waals surface area contributed by atoms with Gasteiger partial charge in [0.25, 0.3) is 0 Å². The number of aryl methyl sites for hydroxylation is 1. The summed E-state index contributed by atoms with van der Waals surface area (Å²) in [6.07, 6.45) is 1.83. The van der Waals surface area contributed by atoms with Gasteiger partial charge in [0, 0.05) is 24.8 Å². The second-order valence-electron chi connectivity index (χ2n) is 5.97. The lowest BCUT2D eigenvalue weighted by atomic mass is 10.3. The van der Waals surface area contributed by atoms with Crippen LogP contribution in [0.15, 0.2) is 16.7 Å². The van der Waals surface area contributed by atoms with Gasteiger partial charge < -0.3 is 4.74 Å². The van der Waals surface area contributed by atoms with Crippen molar-refractivity contribution in [2.24, 2.45) is 0 Å². The van der Waals surface area contributed by atoms with Crippen LogP contribution in [-0.2, 0) is 11.5 Å². The first-order valence-corrected chi connectivity index (χ1v) is 10.9. The van der Waals surface area contributed by atoms with Crippen LogP contribution in [0.1, 0.15) is 5.69 Å². The first-order valence-electron chi connectivity index (χ1n) is 6.43. The zero-order chi connectivity index (χ0) is 14.0. The quantitative estimate of drug-likeness (QED) is 0.613. The second-order valence-corrected chi connectivity index (χ2v) is 12.5. The largest absolute Gasteiger partial charge is 0.359 e. The van der Waals surface area contributed by atoms with E-state index in [1.807, 2.05) is 23.9 Å². The van der Waals surface area contributed by atoms with Crippen molar-refractivity contribution >= 4 is 35.0 Å². The molecule has 2 aromatic heterocycles. The molecule has 0 amide bonds. The summed E-state index contributed by atoms with van der Waals surface area (Å²) >= 11 is 3.54. The fourth-order valence-electron chi connectivity index (χ4n) is 1.75. The lowest BCUT2D eigenvalue weighted by molar-refractivity contribution is 0.0813. The zero-order valence-electron chi connectivity index (χ0n) is 11.9. The minimum Gasteiger partial charge on any atom is -0.359 e. The van der Waals surface area contributed by atoms with Crippen LogP contribution in [0.3, 0.4) is 0 Å². The zero-order valence-corrected chi connectivity index (χ0v) is 14.5. The van der Waals surface area contributed by atoms with Crippen molar-refractivity contribution in [3.8, 4) is 0 Å². The molecule has 0 aliphatic rings. The summed E-state index contributed by atoms with van der Waals surface area (Å²) < 4.78 is 8.57. The van der Waals surface area contributed by atoms with E-state index < -0.39 is 8.07 Å². The lowest BCUT2D eigenvalue weighted by Crippen LogP contribution is -2.22. The predicted octanol–water partition coefficient (Wildman–Crippen LogP) is 3.81. The number of halogens is 1. The Hall–Kier alpha value is -0.723. The van der Waals surface area contributed by atoms with E-state index in [4.69, 9.17) is 4.74 Å². The van der Waals surface area contributed by atoms with Gasteiger partial charge in [0.05, 0.1) is 11.6 Å². The second kappa shape index (κ2) is 5.72. The van der Waals surface area contributed by atoms with Gasteiger partial charge in [-0.25, -0.2) is 9.67 Å². The van der Waals surface area contributed by atoms with Crippen LogP contribution in [0.4, 0.5) is 0 Å². The van der Waals surface area contributed by atoms with E-state index in [1.54, 1.807) is 0 Å². The molecule has 19 heavy (non-hydrogen) atoms. The van der Waals surface area contributed by atoms with Crippen molar-refractivity contribution in [1.82, 2.24) is 14.8 Å². The van der Waals surface area contributed by atoms with Crippen molar-refractivity contribution in [3.63, 3.8) is 0 Å². The van der Waals surface area contributed by atoms with Gasteiger partial charge in [-0.2, -0.15) is 5.10 Å². The first kappa shape index (κ1) is 14.7. The Balaban J connectivity index is 2.05. The van der Waals surface area contributed by atoms with Gasteiger partial charge in [0.15, 0.2) is 5.65 Å². The van der Waals surface area contributed by atoms with Gasteiger partial charge in [-0.15, -0.1) is 0 Å². The molecule has 104 valence electrons. The fourth-order valence-corrected chi connectivity index (χ4v) is 3.12. The number of pyridine rings is 1. The highest BCUT2D eigenvalue weighted by atomic mass is 79.9. The Morgan fingerprint density at radius 1 is 1.37 bits per heavy atom. The van der Waals surface area contributed by atoms with Crippen LogP contribution in [0.5, 0.6) is 0 Å². The summed E-state index contributed by atoms with van der Waals surface area (Å²) in [6, 6.07) is 3.17. The highest BCUT2D eigenvalue weighted by Gasteiger charge is 2.13. The Kier molecular flexibility index (Phi) is 4.42. The number of rotatable bonds is 5. The van der Waals surface area contributed by atoms with E-state index in [0.29, 0.717) is 6.73 Å². The number of hydrogen-bond donors (Lipinski definition) is 0. The molecule has 6 heteroatoms. The average molecular weight is 342 g/mol. The summed E-state index contributed by atoms with van der Waals surface area (Å²) in [5.41, 5.74) is 1.85. The molecule has 0 N–H and O–H groups in total. The third kappa shape index (κ3) is 3.87. The van der Waals surface area contributed by atoms with Crippen molar-refractivity contribution < 1.29 is 4.74 Å². The summed E-state index contributed by atoms with van der Waals surface area (Å²) in [6.45, 7) is 10.3. The molecule has 0 unspecified atom stereocenters. The van der Waals surface area contributed by atoms with Crippen molar-refractivity contribution in [2.75, 3.05) is 6.61 Å². The SMILES string of the molecule is Cc1cc(Br)c2cnn(COCC[Si](C)(C)C)c2n1. The van der Waals surface area contributed by atoms with Crippen LogP contribution < -0.4 is 0 Å².